The number of rotatable bonds is 6. The average Bonchev–Trinajstić information content (AvgIpc) is 3.04. The van der Waals surface area contributed by atoms with Crippen LogP contribution in [0.2, 0.25) is 5.02 Å². The molecule has 0 spiro atoms. The van der Waals surface area contributed by atoms with Gasteiger partial charge in [-0.3, -0.25) is 9.59 Å². The maximum atomic E-state index is 12.0. The third-order valence-corrected chi connectivity index (χ3v) is 4.77. The summed E-state index contributed by atoms with van der Waals surface area (Å²) in [5.41, 5.74) is 1.75. The SMILES string of the molecule is Cc1cc(OC(=O)CCNC(=O)c2cccs2)c(C(C)C)cc1Cl. The first-order chi connectivity index (χ1) is 11.4. The molecule has 0 aliphatic carbocycles. The molecule has 0 aliphatic heterocycles. The molecule has 0 radical (unpaired) electrons. The number of carbonyl (C=O) groups is 2. The van der Waals surface area contributed by atoms with Crippen molar-refractivity contribution in [2.45, 2.75) is 33.1 Å². The normalized spacial score (nSPS) is 10.7. The van der Waals surface area contributed by atoms with E-state index in [1.54, 1.807) is 12.1 Å². The summed E-state index contributed by atoms with van der Waals surface area (Å²) in [5, 5.41) is 5.20. The Morgan fingerprint density at radius 3 is 2.71 bits per heavy atom. The number of thiophene rings is 1. The van der Waals surface area contributed by atoms with Gasteiger partial charge < -0.3 is 10.1 Å². The van der Waals surface area contributed by atoms with E-state index in [4.69, 9.17) is 16.3 Å². The van der Waals surface area contributed by atoms with Crippen molar-refractivity contribution in [3.63, 3.8) is 0 Å². The summed E-state index contributed by atoms with van der Waals surface area (Å²) >= 11 is 7.51. The second-order valence-electron chi connectivity index (χ2n) is 5.75. The van der Waals surface area contributed by atoms with Crippen molar-refractivity contribution in [3.8, 4) is 5.75 Å². The minimum atomic E-state index is -0.384. The van der Waals surface area contributed by atoms with Gasteiger partial charge in [-0.25, -0.2) is 0 Å². The Kier molecular flexibility index (Phi) is 6.40. The number of nitrogens with one attached hydrogen (secondary N) is 1. The van der Waals surface area contributed by atoms with Crippen LogP contribution in [0, 0.1) is 6.92 Å². The van der Waals surface area contributed by atoms with Crippen molar-refractivity contribution >= 4 is 34.8 Å². The largest absolute Gasteiger partial charge is 0.426 e. The monoisotopic (exact) mass is 365 g/mol. The minimum absolute atomic E-state index is 0.107. The molecule has 128 valence electrons. The number of benzene rings is 1. The molecule has 24 heavy (non-hydrogen) atoms. The van der Waals surface area contributed by atoms with Crippen molar-refractivity contribution in [1.29, 1.82) is 0 Å². The van der Waals surface area contributed by atoms with Gasteiger partial charge in [0.15, 0.2) is 0 Å². The summed E-state index contributed by atoms with van der Waals surface area (Å²) in [6, 6.07) is 7.16. The molecule has 0 saturated carbocycles. The maximum Gasteiger partial charge on any atom is 0.312 e. The number of halogens is 1. The van der Waals surface area contributed by atoms with E-state index >= 15 is 0 Å². The van der Waals surface area contributed by atoms with Gasteiger partial charge in [-0.1, -0.05) is 31.5 Å². The molecule has 1 heterocycles. The van der Waals surface area contributed by atoms with Gasteiger partial charge in [0.2, 0.25) is 0 Å². The first kappa shape index (κ1) is 18.5. The summed E-state index contributed by atoms with van der Waals surface area (Å²) in [4.78, 5) is 24.5. The maximum absolute atomic E-state index is 12.0. The Labute approximate surface area is 150 Å². The van der Waals surface area contributed by atoms with E-state index in [0.717, 1.165) is 11.1 Å². The average molecular weight is 366 g/mol. The second kappa shape index (κ2) is 8.31. The molecule has 0 aliphatic rings. The van der Waals surface area contributed by atoms with Gasteiger partial charge in [0, 0.05) is 11.6 Å². The minimum Gasteiger partial charge on any atom is -0.426 e. The molecule has 0 atom stereocenters. The van der Waals surface area contributed by atoms with Gasteiger partial charge >= 0.3 is 5.97 Å². The van der Waals surface area contributed by atoms with E-state index in [0.29, 0.717) is 15.6 Å². The lowest BCUT2D eigenvalue weighted by Gasteiger charge is -2.15. The van der Waals surface area contributed by atoms with Gasteiger partial charge in [-0.15, -0.1) is 11.3 Å². The molecule has 0 unspecified atom stereocenters. The molecule has 0 saturated heterocycles. The van der Waals surface area contributed by atoms with Crippen molar-refractivity contribution in [2.75, 3.05) is 6.54 Å². The highest BCUT2D eigenvalue weighted by Crippen LogP contribution is 2.32. The topological polar surface area (TPSA) is 55.4 Å². The molecule has 0 bridgehead atoms. The predicted molar refractivity (Wildman–Crippen MR) is 97.2 cm³/mol. The van der Waals surface area contributed by atoms with E-state index in [1.807, 2.05) is 38.3 Å². The van der Waals surface area contributed by atoms with Crippen LogP contribution in [0.5, 0.6) is 5.75 Å². The Hall–Kier alpha value is -1.85. The predicted octanol–water partition coefficient (Wildman–Crippen LogP) is 4.56. The van der Waals surface area contributed by atoms with Crippen LogP contribution in [0.4, 0.5) is 0 Å². The van der Waals surface area contributed by atoms with Crippen molar-refractivity contribution in [1.82, 2.24) is 5.32 Å². The lowest BCUT2D eigenvalue weighted by Crippen LogP contribution is -2.26. The summed E-state index contributed by atoms with van der Waals surface area (Å²) in [6.45, 7) is 6.13. The molecule has 2 rings (SSSR count). The van der Waals surface area contributed by atoms with Crippen LogP contribution in [0.1, 0.15) is 47.0 Å². The fraction of sp³-hybridized carbons (Fsp3) is 0.333. The van der Waals surface area contributed by atoms with Crippen LogP contribution in [0.15, 0.2) is 29.6 Å². The Morgan fingerprint density at radius 1 is 1.33 bits per heavy atom. The summed E-state index contributed by atoms with van der Waals surface area (Å²) < 4.78 is 5.47. The third-order valence-electron chi connectivity index (χ3n) is 3.50. The van der Waals surface area contributed by atoms with Gasteiger partial charge in [0.1, 0.15) is 5.75 Å². The number of hydrogen-bond donors (Lipinski definition) is 1. The van der Waals surface area contributed by atoms with Crippen LogP contribution < -0.4 is 10.1 Å². The molecule has 1 N–H and O–H groups in total. The molecular weight excluding hydrogens is 346 g/mol. The number of ether oxygens (including phenoxy) is 1. The van der Waals surface area contributed by atoms with E-state index < -0.39 is 0 Å². The van der Waals surface area contributed by atoms with Gasteiger partial charge in [-0.2, -0.15) is 0 Å². The van der Waals surface area contributed by atoms with E-state index in [1.165, 1.54) is 11.3 Å². The highest BCUT2D eigenvalue weighted by molar-refractivity contribution is 7.12. The van der Waals surface area contributed by atoms with E-state index in [2.05, 4.69) is 5.32 Å². The van der Waals surface area contributed by atoms with E-state index in [-0.39, 0.29) is 30.8 Å². The number of hydrogen-bond acceptors (Lipinski definition) is 4. The van der Waals surface area contributed by atoms with Crippen LogP contribution in [0.25, 0.3) is 0 Å². The molecule has 4 nitrogen and oxygen atoms in total. The smallest absolute Gasteiger partial charge is 0.312 e. The fourth-order valence-electron chi connectivity index (χ4n) is 2.16. The Bertz CT molecular complexity index is 726. The number of carbonyl (C=O) groups excluding carboxylic acids is 2. The first-order valence-electron chi connectivity index (χ1n) is 7.71. The lowest BCUT2D eigenvalue weighted by atomic mass is 10.0. The third kappa shape index (κ3) is 4.82. The van der Waals surface area contributed by atoms with Crippen molar-refractivity contribution in [3.05, 3.63) is 50.7 Å². The molecule has 2 aromatic rings. The Morgan fingerprint density at radius 2 is 2.08 bits per heavy atom. The van der Waals surface area contributed by atoms with Crippen LogP contribution >= 0.6 is 22.9 Å². The zero-order chi connectivity index (χ0) is 17.7. The fourth-order valence-corrected chi connectivity index (χ4v) is 2.97. The molecule has 6 heteroatoms. The molecular formula is C18H20ClNO3S. The van der Waals surface area contributed by atoms with Crippen LogP contribution in [0.3, 0.4) is 0 Å². The molecule has 0 fully saturated rings. The number of esters is 1. The highest BCUT2D eigenvalue weighted by Gasteiger charge is 2.15. The molecule has 1 aromatic heterocycles. The zero-order valence-corrected chi connectivity index (χ0v) is 15.5. The number of amides is 1. The standard InChI is InChI=1S/C18H20ClNO3S/c1-11(2)13-10-14(19)12(3)9-15(13)23-17(21)6-7-20-18(22)16-5-4-8-24-16/h4-5,8-11H,6-7H2,1-3H3,(H,20,22). The van der Waals surface area contributed by atoms with Gasteiger partial charge in [0.25, 0.3) is 5.91 Å². The molecule has 1 aromatic carbocycles. The summed E-state index contributed by atoms with van der Waals surface area (Å²) in [6.07, 6.45) is 0.107. The zero-order valence-electron chi connectivity index (χ0n) is 13.9. The summed E-state index contributed by atoms with van der Waals surface area (Å²) in [5.74, 6) is 0.152. The quantitative estimate of drug-likeness (QED) is 0.603. The van der Waals surface area contributed by atoms with Crippen LogP contribution in [-0.4, -0.2) is 18.4 Å². The van der Waals surface area contributed by atoms with Crippen molar-refractivity contribution < 1.29 is 14.3 Å². The summed E-state index contributed by atoms with van der Waals surface area (Å²) in [7, 11) is 0. The molecule has 1 amide bonds. The van der Waals surface area contributed by atoms with Crippen molar-refractivity contribution in [2.24, 2.45) is 0 Å². The van der Waals surface area contributed by atoms with E-state index in [9.17, 15) is 9.59 Å². The Balaban J connectivity index is 1.93. The van der Waals surface area contributed by atoms with Gasteiger partial charge in [-0.05, 0) is 47.5 Å². The highest BCUT2D eigenvalue weighted by atomic mass is 35.5. The first-order valence-corrected chi connectivity index (χ1v) is 8.96. The lowest BCUT2D eigenvalue weighted by molar-refractivity contribution is -0.134. The number of aryl methyl sites for hydroxylation is 1. The van der Waals surface area contributed by atoms with Crippen LogP contribution in [-0.2, 0) is 4.79 Å². The van der Waals surface area contributed by atoms with Gasteiger partial charge in [0.05, 0.1) is 11.3 Å². The second-order valence-corrected chi connectivity index (χ2v) is 7.11.